The summed E-state index contributed by atoms with van der Waals surface area (Å²) in [4.78, 5) is 0. The first-order chi connectivity index (χ1) is 6.34. The summed E-state index contributed by atoms with van der Waals surface area (Å²) in [6.07, 6.45) is 5.42. The van der Waals surface area contributed by atoms with Gasteiger partial charge in [-0.05, 0) is 12.5 Å². The Morgan fingerprint density at radius 2 is 2.46 bits per heavy atom. The molecule has 2 heteroatoms. The van der Waals surface area contributed by atoms with E-state index in [1.165, 1.54) is 12.5 Å². The maximum Gasteiger partial charge on any atom is 0.143 e. The quantitative estimate of drug-likeness (QED) is 0.570. The van der Waals surface area contributed by atoms with Gasteiger partial charge in [-0.2, -0.15) is 0 Å². The third-order valence-corrected chi connectivity index (χ3v) is 1.75. The van der Waals surface area contributed by atoms with E-state index in [0.717, 1.165) is 24.8 Å². The molecule has 0 aliphatic heterocycles. The maximum atomic E-state index is 9.48. The number of hydrogen-bond acceptors (Lipinski definition) is 2. The number of furan rings is 1. The number of unbranched alkanes of at least 4 members (excludes halogenated alkanes) is 2. The summed E-state index contributed by atoms with van der Waals surface area (Å²) in [7, 11) is 0. The van der Waals surface area contributed by atoms with Crippen molar-refractivity contribution in [1.29, 1.82) is 0 Å². The van der Waals surface area contributed by atoms with Gasteiger partial charge in [0.15, 0.2) is 0 Å². The second kappa shape index (κ2) is 5.45. The van der Waals surface area contributed by atoms with Gasteiger partial charge < -0.3 is 9.52 Å². The molecule has 1 atom stereocenters. The minimum absolute atomic E-state index is 0.699. The molecule has 1 rings (SSSR count). The molecule has 0 fully saturated rings. The lowest BCUT2D eigenvalue weighted by Gasteiger charge is -1.96. The van der Waals surface area contributed by atoms with Gasteiger partial charge in [0.25, 0.3) is 0 Å². The Morgan fingerprint density at radius 1 is 1.62 bits per heavy atom. The van der Waals surface area contributed by atoms with Gasteiger partial charge in [-0.25, -0.2) is 0 Å². The molecule has 1 N–H and O–H groups in total. The Morgan fingerprint density at radius 3 is 3.08 bits per heavy atom. The van der Waals surface area contributed by atoms with E-state index in [-0.39, 0.29) is 0 Å². The van der Waals surface area contributed by atoms with E-state index in [0.29, 0.717) is 0 Å². The molecule has 0 amide bonds. The number of aliphatic hydroxyl groups excluding tert-OH is 1. The van der Waals surface area contributed by atoms with Crippen molar-refractivity contribution >= 4 is 0 Å². The monoisotopic (exact) mass is 178 g/mol. The van der Waals surface area contributed by atoms with Crippen LogP contribution in [0.4, 0.5) is 0 Å². The number of aliphatic hydroxyl groups is 1. The average Bonchev–Trinajstić information content (AvgIpc) is 2.65. The second-order valence-corrected chi connectivity index (χ2v) is 2.88. The van der Waals surface area contributed by atoms with Crippen LogP contribution >= 0.6 is 0 Å². The molecule has 1 aromatic rings. The molecule has 1 aromatic heterocycles. The van der Waals surface area contributed by atoms with Gasteiger partial charge in [0, 0.05) is 12.0 Å². The minimum Gasteiger partial charge on any atom is -0.472 e. The van der Waals surface area contributed by atoms with E-state index in [1.807, 2.05) is 0 Å². The van der Waals surface area contributed by atoms with E-state index in [2.05, 4.69) is 18.8 Å². The van der Waals surface area contributed by atoms with Gasteiger partial charge in [0.2, 0.25) is 0 Å². The van der Waals surface area contributed by atoms with Crippen molar-refractivity contribution in [3.05, 3.63) is 24.2 Å². The third-order valence-electron chi connectivity index (χ3n) is 1.75. The van der Waals surface area contributed by atoms with Gasteiger partial charge in [-0.15, -0.1) is 5.92 Å². The second-order valence-electron chi connectivity index (χ2n) is 2.88. The molecule has 0 saturated carbocycles. The molecule has 0 aliphatic carbocycles. The van der Waals surface area contributed by atoms with Crippen molar-refractivity contribution in [3.8, 4) is 11.8 Å². The average molecular weight is 178 g/mol. The van der Waals surface area contributed by atoms with E-state index in [1.54, 1.807) is 6.07 Å². The van der Waals surface area contributed by atoms with E-state index in [4.69, 9.17) is 4.42 Å². The highest BCUT2D eigenvalue weighted by Crippen LogP contribution is 2.11. The summed E-state index contributed by atoms with van der Waals surface area (Å²) in [5.74, 6) is 5.70. The molecule has 0 bridgehead atoms. The number of hydrogen-bond donors (Lipinski definition) is 1. The molecular formula is C11H14O2. The van der Waals surface area contributed by atoms with Crippen molar-refractivity contribution in [2.75, 3.05) is 0 Å². The standard InChI is InChI=1S/C11H14O2/c1-2-3-4-5-6-11(12)10-7-8-13-9-10/h7-9,11-12H,2-4H2,1H3/t11-/m1/s1. The lowest BCUT2D eigenvalue weighted by Crippen LogP contribution is -1.89. The van der Waals surface area contributed by atoms with Crippen LogP contribution in [0.25, 0.3) is 0 Å². The van der Waals surface area contributed by atoms with Crippen molar-refractivity contribution in [1.82, 2.24) is 0 Å². The van der Waals surface area contributed by atoms with Crippen LogP contribution in [-0.2, 0) is 0 Å². The first kappa shape index (κ1) is 9.88. The maximum absolute atomic E-state index is 9.48. The van der Waals surface area contributed by atoms with Gasteiger partial charge in [-0.3, -0.25) is 0 Å². The fourth-order valence-corrected chi connectivity index (χ4v) is 0.948. The van der Waals surface area contributed by atoms with Gasteiger partial charge >= 0.3 is 0 Å². The zero-order valence-electron chi connectivity index (χ0n) is 7.79. The molecule has 70 valence electrons. The first-order valence-corrected chi connectivity index (χ1v) is 4.53. The van der Waals surface area contributed by atoms with Crippen molar-refractivity contribution in [2.45, 2.75) is 32.3 Å². The van der Waals surface area contributed by atoms with Crippen LogP contribution in [0.1, 0.15) is 37.9 Å². The van der Waals surface area contributed by atoms with Gasteiger partial charge in [-0.1, -0.05) is 19.3 Å². The Bertz CT molecular complexity index is 277. The minimum atomic E-state index is -0.699. The van der Waals surface area contributed by atoms with Crippen LogP contribution in [0.5, 0.6) is 0 Å². The topological polar surface area (TPSA) is 33.4 Å². The van der Waals surface area contributed by atoms with Crippen molar-refractivity contribution < 1.29 is 9.52 Å². The molecule has 0 saturated heterocycles. The molecular weight excluding hydrogens is 164 g/mol. The highest BCUT2D eigenvalue weighted by molar-refractivity contribution is 5.20. The smallest absolute Gasteiger partial charge is 0.143 e. The molecule has 0 unspecified atom stereocenters. The van der Waals surface area contributed by atoms with Crippen LogP contribution in [-0.4, -0.2) is 5.11 Å². The molecule has 2 nitrogen and oxygen atoms in total. The highest BCUT2D eigenvalue weighted by atomic mass is 16.3. The van der Waals surface area contributed by atoms with Crippen LogP contribution in [0.3, 0.4) is 0 Å². The van der Waals surface area contributed by atoms with Crippen LogP contribution in [0.2, 0.25) is 0 Å². The molecule has 1 heterocycles. The predicted octanol–water partition coefficient (Wildman–Crippen LogP) is 2.51. The first-order valence-electron chi connectivity index (χ1n) is 4.53. The summed E-state index contributed by atoms with van der Waals surface area (Å²) in [5, 5.41) is 9.48. The summed E-state index contributed by atoms with van der Waals surface area (Å²) in [6, 6.07) is 1.72. The van der Waals surface area contributed by atoms with Crippen LogP contribution in [0, 0.1) is 11.8 Å². The summed E-state index contributed by atoms with van der Waals surface area (Å²) < 4.78 is 4.84. The molecule has 0 aromatic carbocycles. The Balaban J connectivity index is 2.39. The Labute approximate surface area is 78.6 Å². The molecule has 13 heavy (non-hydrogen) atoms. The molecule has 0 radical (unpaired) electrons. The Kier molecular flexibility index (Phi) is 4.14. The third kappa shape index (κ3) is 3.35. The predicted molar refractivity (Wildman–Crippen MR) is 51.0 cm³/mol. The zero-order chi connectivity index (χ0) is 9.52. The van der Waals surface area contributed by atoms with Crippen molar-refractivity contribution in [3.63, 3.8) is 0 Å². The van der Waals surface area contributed by atoms with E-state index >= 15 is 0 Å². The summed E-state index contributed by atoms with van der Waals surface area (Å²) in [6.45, 7) is 2.12. The van der Waals surface area contributed by atoms with Crippen molar-refractivity contribution in [2.24, 2.45) is 0 Å². The molecule has 0 spiro atoms. The fourth-order valence-electron chi connectivity index (χ4n) is 0.948. The summed E-state index contributed by atoms with van der Waals surface area (Å²) >= 11 is 0. The normalized spacial score (nSPS) is 11.8. The van der Waals surface area contributed by atoms with E-state index in [9.17, 15) is 5.11 Å². The lowest BCUT2D eigenvalue weighted by molar-refractivity contribution is 0.237. The van der Waals surface area contributed by atoms with E-state index < -0.39 is 6.10 Å². The molecule has 0 aliphatic rings. The number of rotatable bonds is 3. The summed E-state index contributed by atoms with van der Waals surface area (Å²) in [5.41, 5.74) is 0.726. The zero-order valence-corrected chi connectivity index (χ0v) is 7.79. The van der Waals surface area contributed by atoms with Crippen LogP contribution in [0.15, 0.2) is 23.0 Å². The van der Waals surface area contributed by atoms with Crippen LogP contribution < -0.4 is 0 Å². The van der Waals surface area contributed by atoms with Gasteiger partial charge in [0.05, 0.1) is 12.5 Å². The highest BCUT2D eigenvalue weighted by Gasteiger charge is 2.02. The fraction of sp³-hybridized carbons (Fsp3) is 0.455. The largest absolute Gasteiger partial charge is 0.472 e. The Hall–Kier alpha value is -1.20. The lowest BCUT2D eigenvalue weighted by atomic mass is 10.2. The van der Waals surface area contributed by atoms with Gasteiger partial charge in [0.1, 0.15) is 6.10 Å². The SMILES string of the molecule is CCCCC#C[C@@H](O)c1ccoc1.